The van der Waals surface area contributed by atoms with E-state index in [0.717, 1.165) is 37.9 Å². The van der Waals surface area contributed by atoms with E-state index in [4.69, 9.17) is 16.3 Å². The number of benzene rings is 1. The molecule has 0 amide bonds. The highest BCUT2D eigenvalue weighted by atomic mass is 35.5. The molecule has 1 heterocycles. The van der Waals surface area contributed by atoms with Crippen LogP contribution in [-0.4, -0.2) is 30.5 Å². The van der Waals surface area contributed by atoms with Gasteiger partial charge in [0, 0.05) is 30.1 Å². The lowest BCUT2D eigenvalue weighted by molar-refractivity contribution is 0.199. The Morgan fingerprint density at radius 2 is 2.25 bits per heavy atom. The summed E-state index contributed by atoms with van der Waals surface area (Å²) in [7, 11) is 1.69. The van der Waals surface area contributed by atoms with Crippen LogP contribution in [0.2, 0.25) is 5.02 Å². The van der Waals surface area contributed by atoms with E-state index in [9.17, 15) is 0 Å². The molecule has 4 nitrogen and oxygen atoms in total. The standard InChI is InChI=1S/C13H16ClN3OS2/c1-9-16-17-13(19-9)20-11-4-3-10(12(14)7-11)8-15-5-6-18-2/h3-4,7,15H,5-6,8H2,1-2H3. The zero-order chi connectivity index (χ0) is 14.4. The number of aromatic nitrogens is 2. The van der Waals surface area contributed by atoms with Crippen LogP contribution >= 0.6 is 34.7 Å². The zero-order valence-electron chi connectivity index (χ0n) is 11.4. The van der Waals surface area contributed by atoms with Crippen LogP contribution in [0.25, 0.3) is 0 Å². The minimum absolute atomic E-state index is 0.696. The van der Waals surface area contributed by atoms with E-state index in [0.29, 0.717) is 6.61 Å². The fraction of sp³-hybridized carbons (Fsp3) is 0.385. The normalized spacial score (nSPS) is 10.9. The predicted octanol–water partition coefficient (Wildman–Crippen LogP) is 3.39. The Hall–Kier alpha value is -0.660. The first-order valence-corrected chi connectivity index (χ1v) is 8.16. The molecule has 0 unspecified atom stereocenters. The molecule has 0 aliphatic heterocycles. The fourth-order valence-electron chi connectivity index (χ4n) is 1.55. The summed E-state index contributed by atoms with van der Waals surface area (Å²) in [5.41, 5.74) is 1.08. The van der Waals surface area contributed by atoms with Crippen LogP contribution in [0.15, 0.2) is 27.4 Å². The van der Waals surface area contributed by atoms with Gasteiger partial charge in [0.05, 0.1) is 6.61 Å². The van der Waals surface area contributed by atoms with Crippen molar-refractivity contribution in [2.45, 2.75) is 22.7 Å². The maximum atomic E-state index is 6.30. The molecule has 2 aromatic rings. The maximum absolute atomic E-state index is 6.30. The Morgan fingerprint density at radius 3 is 2.90 bits per heavy atom. The summed E-state index contributed by atoms with van der Waals surface area (Å²) in [5, 5.41) is 13.1. The molecule has 0 aliphatic rings. The molecule has 0 spiro atoms. The summed E-state index contributed by atoms with van der Waals surface area (Å²) in [6.45, 7) is 4.20. The SMILES string of the molecule is COCCNCc1ccc(Sc2nnc(C)s2)cc1Cl. The van der Waals surface area contributed by atoms with Gasteiger partial charge in [0.15, 0.2) is 4.34 Å². The molecule has 0 radical (unpaired) electrons. The van der Waals surface area contributed by atoms with Crippen molar-refractivity contribution in [3.8, 4) is 0 Å². The summed E-state index contributed by atoms with van der Waals surface area (Å²) in [5.74, 6) is 0. The number of hydrogen-bond donors (Lipinski definition) is 1. The lowest BCUT2D eigenvalue weighted by Gasteiger charge is -2.07. The van der Waals surface area contributed by atoms with Crippen LogP contribution in [0, 0.1) is 6.92 Å². The molecule has 108 valence electrons. The highest BCUT2D eigenvalue weighted by Gasteiger charge is 2.06. The molecule has 0 atom stereocenters. The minimum atomic E-state index is 0.696. The Bertz CT molecular complexity index is 562. The Kier molecular flexibility index (Phi) is 6.25. The molecule has 1 N–H and O–H groups in total. The Balaban J connectivity index is 1.94. The number of nitrogens with one attached hydrogen (secondary N) is 1. The second-order valence-corrected chi connectivity index (χ2v) is 7.02. The molecule has 0 saturated carbocycles. The van der Waals surface area contributed by atoms with Crippen LogP contribution in [0.5, 0.6) is 0 Å². The molecule has 0 bridgehead atoms. The summed E-state index contributed by atoms with van der Waals surface area (Å²) >= 11 is 9.46. The third kappa shape index (κ3) is 4.71. The highest BCUT2D eigenvalue weighted by molar-refractivity contribution is 8.01. The van der Waals surface area contributed by atoms with Gasteiger partial charge in [0.1, 0.15) is 5.01 Å². The number of halogens is 1. The number of aryl methyl sites for hydroxylation is 1. The topological polar surface area (TPSA) is 47.0 Å². The second-order valence-electron chi connectivity index (χ2n) is 4.11. The molecule has 2 rings (SSSR count). The van der Waals surface area contributed by atoms with Crippen molar-refractivity contribution >= 4 is 34.7 Å². The van der Waals surface area contributed by atoms with E-state index >= 15 is 0 Å². The monoisotopic (exact) mass is 329 g/mol. The second kappa shape index (κ2) is 7.95. The van der Waals surface area contributed by atoms with Crippen LogP contribution < -0.4 is 5.32 Å². The van der Waals surface area contributed by atoms with Crippen molar-refractivity contribution in [2.24, 2.45) is 0 Å². The number of rotatable bonds is 7. The average molecular weight is 330 g/mol. The molecule has 1 aromatic carbocycles. The number of hydrogen-bond acceptors (Lipinski definition) is 6. The summed E-state index contributed by atoms with van der Waals surface area (Å²) in [6.07, 6.45) is 0. The molecule has 20 heavy (non-hydrogen) atoms. The van der Waals surface area contributed by atoms with E-state index in [2.05, 4.69) is 21.6 Å². The van der Waals surface area contributed by atoms with Gasteiger partial charge >= 0.3 is 0 Å². The Morgan fingerprint density at radius 1 is 1.40 bits per heavy atom. The molecule has 0 saturated heterocycles. The Labute approximate surface area is 131 Å². The smallest absolute Gasteiger partial charge is 0.179 e. The van der Waals surface area contributed by atoms with Crippen molar-refractivity contribution in [1.29, 1.82) is 0 Å². The number of ether oxygens (including phenoxy) is 1. The van der Waals surface area contributed by atoms with Crippen molar-refractivity contribution in [1.82, 2.24) is 15.5 Å². The van der Waals surface area contributed by atoms with E-state index in [1.54, 1.807) is 30.2 Å². The molecular weight excluding hydrogens is 314 g/mol. The number of methoxy groups -OCH3 is 1. The van der Waals surface area contributed by atoms with Crippen molar-refractivity contribution in [2.75, 3.05) is 20.3 Å². The molecule has 0 fully saturated rings. The van der Waals surface area contributed by atoms with Gasteiger partial charge in [-0.1, -0.05) is 40.8 Å². The van der Waals surface area contributed by atoms with Gasteiger partial charge in [-0.15, -0.1) is 10.2 Å². The van der Waals surface area contributed by atoms with E-state index in [1.807, 2.05) is 19.1 Å². The van der Waals surface area contributed by atoms with E-state index in [1.165, 1.54) is 0 Å². The first-order chi connectivity index (χ1) is 9.69. The van der Waals surface area contributed by atoms with Crippen molar-refractivity contribution in [3.05, 3.63) is 33.8 Å². The molecule has 7 heteroatoms. The van der Waals surface area contributed by atoms with Crippen LogP contribution in [0.3, 0.4) is 0 Å². The van der Waals surface area contributed by atoms with Gasteiger partial charge in [-0.3, -0.25) is 0 Å². The number of nitrogens with zero attached hydrogens (tertiary/aromatic N) is 2. The molecular formula is C13H16ClN3OS2. The summed E-state index contributed by atoms with van der Waals surface area (Å²) in [6, 6.07) is 6.06. The predicted molar refractivity (Wildman–Crippen MR) is 83.8 cm³/mol. The average Bonchev–Trinajstić information content (AvgIpc) is 2.82. The van der Waals surface area contributed by atoms with Gasteiger partial charge in [0.2, 0.25) is 0 Å². The van der Waals surface area contributed by atoms with Crippen LogP contribution in [0.1, 0.15) is 10.6 Å². The molecule has 0 aliphatic carbocycles. The third-order valence-electron chi connectivity index (χ3n) is 2.54. The maximum Gasteiger partial charge on any atom is 0.179 e. The highest BCUT2D eigenvalue weighted by Crippen LogP contribution is 2.32. The lowest BCUT2D eigenvalue weighted by atomic mass is 10.2. The first-order valence-electron chi connectivity index (χ1n) is 6.15. The van der Waals surface area contributed by atoms with E-state index < -0.39 is 0 Å². The largest absolute Gasteiger partial charge is 0.383 e. The molecule has 1 aromatic heterocycles. The van der Waals surface area contributed by atoms with Crippen LogP contribution in [0.4, 0.5) is 0 Å². The first kappa shape index (κ1) is 15.7. The van der Waals surface area contributed by atoms with Gasteiger partial charge in [0.25, 0.3) is 0 Å². The summed E-state index contributed by atoms with van der Waals surface area (Å²) in [4.78, 5) is 1.08. The van der Waals surface area contributed by atoms with Gasteiger partial charge in [-0.2, -0.15) is 0 Å². The fourth-order valence-corrected chi connectivity index (χ4v) is 3.69. The quantitative estimate of drug-likeness (QED) is 0.789. The third-order valence-corrected chi connectivity index (χ3v) is 4.77. The van der Waals surface area contributed by atoms with Crippen molar-refractivity contribution < 1.29 is 4.74 Å². The van der Waals surface area contributed by atoms with Gasteiger partial charge < -0.3 is 10.1 Å². The summed E-state index contributed by atoms with van der Waals surface area (Å²) < 4.78 is 5.92. The van der Waals surface area contributed by atoms with Gasteiger partial charge in [-0.25, -0.2) is 0 Å². The van der Waals surface area contributed by atoms with Crippen LogP contribution in [-0.2, 0) is 11.3 Å². The van der Waals surface area contributed by atoms with Gasteiger partial charge in [-0.05, 0) is 24.6 Å². The zero-order valence-corrected chi connectivity index (χ0v) is 13.7. The lowest BCUT2D eigenvalue weighted by Crippen LogP contribution is -2.18. The van der Waals surface area contributed by atoms with Crippen molar-refractivity contribution in [3.63, 3.8) is 0 Å². The minimum Gasteiger partial charge on any atom is -0.383 e. The van der Waals surface area contributed by atoms with E-state index in [-0.39, 0.29) is 0 Å².